The molecule has 1 atom stereocenters. The third-order valence-electron chi connectivity index (χ3n) is 3.61. The average Bonchev–Trinajstić information content (AvgIpc) is 2.56. The van der Waals surface area contributed by atoms with Gasteiger partial charge in [-0.05, 0) is 24.6 Å². The van der Waals surface area contributed by atoms with Crippen molar-refractivity contribution in [2.24, 2.45) is 0 Å². The van der Waals surface area contributed by atoms with Crippen LogP contribution in [0.3, 0.4) is 0 Å². The van der Waals surface area contributed by atoms with Crippen LogP contribution in [0.25, 0.3) is 11.3 Å². The van der Waals surface area contributed by atoms with E-state index in [-0.39, 0.29) is 6.04 Å². The van der Waals surface area contributed by atoms with Gasteiger partial charge < -0.3 is 0 Å². The van der Waals surface area contributed by atoms with Gasteiger partial charge in [0.15, 0.2) is 0 Å². The van der Waals surface area contributed by atoms with E-state index in [1.807, 2.05) is 37.3 Å². The fourth-order valence-corrected chi connectivity index (χ4v) is 2.37. The van der Waals surface area contributed by atoms with E-state index in [2.05, 4.69) is 9.97 Å². The van der Waals surface area contributed by atoms with Crippen molar-refractivity contribution >= 4 is 0 Å². The minimum absolute atomic E-state index is 0.187. The van der Waals surface area contributed by atoms with Crippen molar-refractivity contribution in [3.63, 3.8) is 0 Å². The highest BCUT2D eigenvalue weighted by molar-refractivity contribution is 5.56. The minimum Gasteiger partial charge on any atom is -0.293 e. The molecule has 1 unspecified atom stereocenters. The van der Waals surface area contributed by atoms with Crippen molar-refractivity contribution in [2.45, 2.75) is 13.0 Å². The number of aromatic amines is 1. The molecule has 0 bridgehead atoms. The molecule has 22 heavy (non-hydrogen) atoms. The monoisotopic (exact) mass is 293 g/mol. The molecule has 5 heteroatoms. The molecule has 0 saturated heterocycles. The molecule has 0 spiro atoms. The lowest BCUT2D eigenvalue weighted by molar-refractivity contribution is 0.595. The van der Waals surface area contributed by atoms with Crippen LogP contribution in [-0.4, -0.2) is 14.5 Å². The predicted octanol–water partition coefficient (Wildman–Crippen LogP) is 2.21. The summed E-state index contributed by atoms with van der Waals surface area (Å²) in [6.45, 7) is 1.91. The number of aromatic nitrogens is 3. The Bertz CT molecular complexity index is 883. The second kappa shape index (κ2) is 5.81. The Balaban J connectivity index is 2.14. The summed E-state index contributed by atoms with van der Waals surface area (Å²) in [4.78, 5) is 30.7. The van der Waals surface area contributed by atoms with Gasteiger partial charge in [0.1, 0.15) is 0 Å². The molecule has 0 aliphatic rings. The molecule has 1 aromatic carbocycles. The second-order valence-corrected chi connectivity index (χ2v) is 5.01. The molecule has 0 radical (unpaired) electrons. The first-order chi connectivity index (χ1) is 10.7. The number of nitrogens with zero attached hydrogens (tertiary/aromatic N) is 2. The van der Waals surface area contributed by atoms with E-state index in [0.29, 0.717) is 11.3 Å². The van der Waals surface area contributed by atoms with Gasteiger partial charge >= 0.3 is 5.69 Å². The molecule has 3 aromatic rings. The Morgan fingerprint density at radius 3 is 2.45 bits per heavy atom. The van der Waals surface area contributed by atoms with E-state index < -0.39 is 11.2 Å². The standard InChI is InChI=1S/C17H15N3O2/c1-12(13-7-3-2-4-8-13)20-11-14(16(21)19-17(20)22)15-9-5-6-10-18-15/h2-12H,1H3,(H,19,21,22). The maximum Gasteiger partial charge on any atom is 0.328 e. The fourth-order valence-electron chi connectivity index (χ4n) is 2.37. The molecule has 3 rings (SSSR count). The number of benzene rings is 1. The molecule has 1 N–H and O–H groups in total. The molecule has 2 aromatic heterocycles. The van der Waals surface area contributed by atoms with Crippen LogP contribution in [0, 0.1) is 0 Å². The smallest absolute Gasteiger partial charge is 0.293 e. The van der Waals surface area contributed by atoms with Crippen LogP contribution < -0.4 is 11.2 Å². The summed E-state index contributed by atoms with van der Waals surface area (Å²) in [6.07, 6.45) is 3.19. The van der Waals surface area contributed by atoms with Crippen LogP contribution in [0.1, 0.15) is 18.5 Å². The van der Waals surface area contributed by atoms with Crippen LogP contribution >= 0.6 is 0 Å². The topological polar surface area (TPSA) is 67.8 Å². The van der Waals surface area contributed by atoms with Gasteiger partial charge in [0, 0.05) is 12.4 Å². The highest BCUT2D eigenvalue weighted by Crippen LogP contribution is 2.17. The zero-order chi connectivity index (χ0) is 15.5. The molecule has 0 aliphatic heterocycles. The van der Waals surface area contributed by atoms with Crippen molar-refractivity contribution in [2.75, 3.05) is 0 Å². The summed E-state index contributed by atoms with van der Waals surface area (Å²) in [6, 6.07) is 14.8. The Hall–Kier alpha value is -2.95. The Morgan fingerprint density at radius 2 is 1.77 bits per heavy atom. The summed E-state index contributed by atoms with van der Waals surface area (Å²) < 4.78 is 1.51. The lowest BCUT2D eigenvalue weighted by atomic mass is 10.1. The van der Waals surface area contributed by atoms with Crippen LogP contribution in [0.5, 0.6) is 0 Å². The summed E-state index contributed by atoms with van der Waals surface area (Å²) in [7, 11) is 0. The maximum atomic E-state index is 12.1. The van der Waals surface area contributed by atoms with Crippen molar-refractivity contribution < 1.29 is 0 Å². The first-order valence-electron chi connectivity index (χ1n) is 6.98. The molecular formula is C17H15N3O2. The fraction of sp³-hybridized carbons (Fsp3) is 0.118. The summed E-state index contributed by atoms with van der Waals surface area (Å²) >= 11 is 0. The van der Waals surface area contributed by atoms with Crippen molar-refractivity contribution in [1.29, 1.82) is 0 Å². The highest BCUT2D eigenvalue weighted by Gasteiger charge is 2.13. The van der Waals surface area contributed by atoms with Crippen LogP contribution in [0.15, 0.2) is 70.5 Å². The van der Waals surface area contributed by atoms with Crippen molar-refractivity contribution in [3.8, 4) is 11.3 Å². The molecular weight excluding hydrogens is 278 g/mol. The Kier molecular flexibility index (Phi) is 3.70. The van der Waals surface area contributed by atoms with Crippen LogP contribution in [0.2, 0.25) is 0 Å². The molecule has 0 amide bonds. The van der Waals surface area contributed by atoms with Crippen LogP contribution in [-0.2, 0) is 0 Å². The van der Waals surface area contributed by atoms with Crippen LogP contribution in [0.4, 0.5) is 0 Å². The van der Waals surface area contributed by atoms with Gasteiger partial charge in [-0.25, -0.2) is 4.79 Å². The largest absolute Gasteiger partial charge is 0.328 e. The Labute approximate surface area is 126 Å². The third-order valence-corrected chi connectivity index (χ3v) is 3.61. The predicted molar refractivity (Wildman–Crippen MR) is 84.8 cm³/mol. The van der Waals surface area contributed by atoms with Crippen molar-refractivity contribution in [1.82, 2.24) is 14.5 Å². The SMILES string of the molecule is CC(c1ccccc1)n1cc(-c2ccccn2)c(=O)[nH]c1=O. The van der Waals surface area contributed by atoms with Gasteiger partial charge in [-0.3, -0.25) is 19.3 Å². The minimum atomic E-state index is -0.430. The van der Waals surface area contributed by atoms with Gasteiger partial charge in [-0.2, -0.15) is 0 Å². The first-order valence-corrected chi connectivity index (χ1v) is 6.98. The molecule has 5 nitrogen and oxygen atoms in total. The van der Waals surface area contributed by atoms with Gasteiger partial charge in [0.2, 0.25) is 0 Å². The van der Waals surface area contributed by atoms with Gasteiger partial charge in [-0.15, -0.1) is 0 Å². The second-order valence-electron chi connectivity index (χ2n) is 5.01. The number of pyridine rings is 1. The zero-order valence-corrected chi connectivity index (χ0v) is 12.1. The lowest BCUT2D eigenvalue weighted by Crippen LogP contribution is -2.32. The van der Waals surface area contributed by atoms with Gasteiger partial charge in [0.05, 0.1) is 17.3 Å². The molecule has 110 valence electrons. The summed E-state index contributed by atoms with van der Waals surface area (Å²) in [5.74, 6) is 0. The number of hydrogen-bond donors (Lipinski definition) is 1. The van der Waals surface area contributed by atoms with E-state index in [0.717, 1.165) is 5.56 Å². The number of H-pyrrole nitrogens is 1. The average molecular weight is 293 g/mol. The summed E-state index contributed by atoms with van der Waals surface area (Å²) in [5, 5.41) is 0. The van der Waals surface area contributed by atoms with Gasteiger partial charge in [-0.1, -0.05) is 36.4 Å². The molecule has 2 heterocycles. The van der Waals surface area contributed by atoms with E-state index >= 15 is 0 Å². The van der Waals surface area contributed by atoms with E-state index in [1.165, 1.54) is 4.57 Å². The van der Waals surface area contributed by atoms with E-state index in [9.17, 15) is 9.59 Å². The summed E-state index contributed by atoms with van der Waals surface area (Å²) in [5.41, 5.74) is 1.05. The molecule has 0 saturated carbocycles. The maximum absolute atomic E-state index is 12.1. The first kappa shape index (κ1) is 14.0. The third kappa shape index (κ3) is 2.61. The number of nitrogens with one attached hydrogen (secondary N) is 1. The van der Waals surface area contributed by atoms with E-state index in [1.54, 1.807) is 30.6 Å². The highest BCUT2D eigenvalue weighted by atomic mass is 16.2. The molecule has 0 fully saturated rings. The lowest BCUT2D eigenvalue weighted by Gasteiger charge is -2.16. The molecule has 0 aliphatic carbocycles. The normalized spacial score (nSPS) is 12.0. The van der Waals surface area contributed by atoms with Crippen molar-refractivity contribution in [3.05, 3.63) is 87.3 Å². The number of hydrogen-bond acceptors (Lipinski definition) is 3. The van der Waals surface area contributed by atoms with E-state index in [4.69, 9.17) is 0 Å². The Morgan fingerprint density at radius 1 is 1.05 bits per heavy atom. The van der Waals surface area contributed by atoms with Gasteiger partial charge in [0.25, 0.3) is 5.56 Å². The zero-order valence-electron chi connectivity index (χ0n) is 12.1. The number of rotatable bonds is 3. The quantitative estimate of drug-likeness (QED) is 0.805.